The Morgan fingerprint density at radius 2 is 1.75 bits per heavy atom. The molecule has 0 fully saturated rings. The normalized spacial score (nSPS) is 10.1. The molecule has 0 aliphatic heterocycles. The van der Waals surface area contributed by atoms with Gasteiger partial charge in [-0.2, -0.15) is 0 Å². The summed E-state index contributed by atoms with van der Waals surface area (Å²) in [7, 11) is 0. The van der Waals surface area contributed by atoms with E-state index < -0.39 is 0 Å². The molecule has 0 bridgehead atoms. The minimum Gasteiger partial charge on any atom is -1.00 e. The third kappa shape index (κ3) is 2.95. The predicted octanol–water partition coefficient (Wildman–Crippen LogP) is -1.07. The quantitative estimate of drug-likeness (QED) is 0.663. The minimum atomic E-state index is 0. The van der Waals surface area contributed by atoms with Gasteiger partial charge in [0, 0.05) is 13.1 Å². The molecule has 0 saturated carbocycles. The van der Waals surface area contributed by atoms with Crippen LogP contribution < -0.4 is 17.7 Å². The molecular formula is C13H15ClNO-. The molecule has 2 aromatic rings. The number of hydrogen-bond acceptors (Lipinski definition) is 2. The van der Waals surface area contributed by atoms with Gasteiger partial charge in [0.2, 0.25) is 0 Å². The number of aliphatic hydroxyl groups excluding tert-OH is 1. The Balaban J connectivity index is 0.00000128. The number of rotatable bonds is 4. The number of halogens is 1. The van der Waals surface area contributed by atoms with Crippen molar-refractivity contribution in [2.45, 2.75) is 6.54 Å². The maximum atomic E-state index is 8.70. The van der Waals surface area contributed by atoms with E-state index in [0.29, 0.717) is 6.54 Å². The van der Waals surface area contributed by atoms with Crippen molar-refractivity contribution in [3.05, 3.63) is 48.0 Å². The van der Waals surface area contributed by atoms with Crippen LogP contribution in [-0.2, 0) is 6.54 Å². The average molecular weight is 237 g/mol. The SMILES string of the molecule is OCCNCc1cccc2ccccc12.[Cl-]. The van der Waals surface area contributed by atoms with Crippen LogP contribution in [-0.4, -0.2) is 18.3 Å². The highest BCUT2D eigenvalue weighted by molar-refractivity contribution is 5.85. The first-order chi connectivity index (χ1) is 7.42. The van der Waals surface area contributed by atoms with Gasteiger partial charge in [-0.3, -0.25) is 0 Å². The fraction of sp³-hybridized carbons (Fsp3) is 0.231. The van der Waals surface area contributed by atoms with Crippen molar-refractivity contribution in [2.24, 2.45) is 0 Å². The largest absolute Gasteiger partial charge is 1.00 e. The van der Waals surface area contributed by atoms with Crippen molar-refractivity contribution >= 4 is 10.8 Å². The van der Waals surface area contributed by atoms with Gasteiger partial charge in [-0.05, 0) is 16.3 Å². The Labute approximate surface area is 102 Å². The molecule has 0 spiro atoms. The first-order valence-corrected chi connectivity index (χ1v) is 5.20. The summed E-state index contributed by atoms with van der Waals surface area (Å²) < 4.78 is 0. The zero-order valence-corrected chi connectivity index (χ0v) is 9.74. The fourth-order valence-corrected chi connectivity index (χ4v) is 1.75. The molecule has 0 aliphatic carbocycles. The fourth-order valence-electron chi connectivity index (χ4n) is 1.75. The van der Waals surface area contributed by atoms with E-state index in [2.05, 4.69) is 41.7 Å². The number of aliphatic hydroxyl groups is 1. The molecule has 0 amide bonds. The van der Waals surface area contributed by atoms with Gasteiger partial charge in [-0.25, -0.2) is 0 Å². The van der Waals surface area contributed by atoms with Crippen LogP contribution in [0.5, 0.6) is 0 Å². The summed E-state index contributed by atoms with van der Waals surface area (Å²) in [5.74, 6) is 0. The second-order valence-electron chi connectivity index (χ2n) is 3.54. The number of benzene rings is 2. The van der Waals surface area contributed by atoms with E-state index in [1.165, 1.54) is 16.3 Å². The van der Waals surface area contributed by atoms with E-state index in [-0.39, 0.29) is 19.0 Å². The molecule has 2 aromatic carbocycles. The van der Waals surface area contributed by atoms with Crippen LogP contribution in [0.3, 0.4) is 0 Å². The van der Waals surface area contributed by atoms with Crippen LogP contribution in [0.1, 0.15) is 5.56 Å². The third-order valence-electron chi connectivity index (χ3n) is 2.48. The lowest BCUT2D eigenvalue weighted by Crippen LogP contribution is -3.00. The lowest BCUT2D eigenvalue weighted by molar-refractivity contribution is -0.00000405. The highest BCUT2D eigenvalue weighted by Crippen LogP contribution is 2.17. The molecule has 16 heavy (non-hydrogen) atoms. The Morgan fingerprint density at radius 1 is 1.00 bits per heavy atom. The van der Waals surface area contributed by atoms with Gasteiger partial charge in [0.1, 0.15) is 0 Å². The van der Waals surface area contributed by atoms with Crippen molar-refractivity contribution in [3.8, 4) is 0 Å². The van der Waals surface area contributed by atoms with Gasteiger partial charge in [0.25, 0.3) is 0 Å². The minimum absolute atomic E-state index is 0. The summed E-state index contributed by atoms with van der Waals surface area (Å²) >= 11 is 0. The second kappa shape index (κ2) is 6.48. The summed E-state index contributed by atoms with van der Waals surface area (Å²) in [6.45, 7) is 1.63. The molecule has 0 saturated heterocycles. The lowest BCUT2D eigenvalue weighted by atomic mass is 10.0. The zero-order chi connectivity index (χ0) is 10.5. The Hall–Kier alpha value is -1.09. The van der Waals surface area contributed by atoms with Crippen LogP contribution in [0, 0.1) is 0 Å². The molecule has 3 heteroatoms. The van der Waals surface area contributed by atoms with Gasteiger partial charge in [0.15, 0.2) is 0 Å². The van der Waals surface area contributed by atoms with Crippen molar-refractivity contribution < 1.29 is 17.5 Å². The molecule has 2 rings (SSSR count). The smallest absolute Gasteiger partial charge is 0.0556 e. The van der Waals surface area contributed by atoms with E-state index in [9.17, 15) is 0 Å². The average Bonchev–Trinajstić information content (AvgIpc) is 2.30. The van der Waals surface area contributed by atoms with Crippen LogP contribution in [0.25, 0.3) is 10.8 Å². The molecule has 0 aliphatic rings. The van der Waals surface area contributed by atoms with Gasteiger partial charge in [-0.1, -0.05) is 42.5 Å². The van der Waals surface area contributed by atoms with Gasteiger partial charge in [0.05, 0.1) is 6.61 Å². The van der Waals surface area contributed by atoms with Crippen LogP contribution >= 0.6 is 0 Å². The topological polar surface area (TPSA) is 32.3 Å². The van der Waals surface area contributed by atoms with Crippen molar-refractivity contribution in [1.29, 1.82) is 0 Å². The van der Waals surface area contributed by atoms with E-state index in [1.807, 2.05) is 6.07 Å². The van der Waals surface area contributed by atoms with E-state index in [1.54, 1.807) is 0 Å². The van der Waals surface area contributed by atoms with E-state index in [4.69, 9.17) is 5.11 Å². The highest BCUT2D eigenvalue weighted by atomic mass is 35.5. The molecular weight excluding hydrogens is 222 g/mol. The summed E-state index contributed by atoms with van der Waals surface area (Å²) in [4.78, 5) is 0. The lowest BCUT2D eigenvalue weighted by Gasteiger charge is -2.06. The zero-order valence-electron chi connectivity index (χ0n) is 8.99. The van der Waals surface area contributed by atoms with Crippen molar-refractivity contribution in [1.82, 2.24) is 5.32 Å². The predicted molar refractivity (Wildman–Crippen MR) is 62.7 cm³/mol. The first kappa shape index (κ1) is 13.0. The van der Waals surface area contributed by atoms with E-state index >= 15 is 0 Å². The Bertz CT molecular complexity index is 439. The summed E-state index contributed by atoms with van der Waals surface area (Å²) in [6.07, 6.45) is 0. The van der Waals surface area contributed by atoms with Crippen LogP contribution in [0.2, 0.25) is 0 Å². The number of nitrogens with one attached hydrogen (secondary N) is 1. The van der Waals surface area contributed by atoms with Gasteiger partial charge >= 0.3 is 0 Å². The maximum absolute atomic E-state index is 8.70. The standard InChI is InChI=1S/C13H15NO.ClH/c15-9-8-14-10-12-6-3-5-11-4-1-2-7-13(11)12;/h1-7,14-15H,8-10H2;1H/p-1. The Kier molecular flexibility index (Phi) is 5.26. The molecule has 0 unspecified atom stereocenters. The molecule has 2 nitrogen and oxygen atoms in total. The van der Waals surface area contributed by atoms with Gasteiger partial charge < -0.3 is 22.8 Å². The van der Waals surface area contributed by atoms with Crippen LogP contribution in [0.4, 0.5) is 0 Å². The second-order valence-corrected chi connectivity index (χ2v) is 3.54. The summed E-state index contributed by atoms with van der Waals surface area (Å²) in [6, 6.07) is 14.6. The van der Waals surface area contributed by atoms with Crippen molar-refractivity contribution in [2.75, 3.05) is 13.2 Å². The third-order valence-corrected chi connectivity index (χ3v) is 2.48. The maximum Gasteiger partial charge on any atom is 0.0556 e. The summed E-state index contributed by atoms with van der Waals surface area (Å²) in [5, 5.41) is 14.4. The van der Waals surface area contributed by atoms with Crippen molar-refractivity contribution in [3.63, 3.8) is 0 Å². The highest BCUT2D eigenvalue weighted by Gasteiger charge is 1.98. The Morgan fingerprint density at radius 3 is 2.56 bits per heavy atom. The van der Waals surface area contributed by atoms with Gasteiger partial charge in [-0.15, -0.1) is 0 Å². The molecule has 86 valence electrons. The number of fused-ring (bicyclic) bond motifs is 1. The summed E-state index contributed by atoms with van der Waals surface area (Å²) in [5.41, 5.74) is 1.28. The van der Waals surface area contributed by atoms with Crippen LogP contribution in [0.15, 0.2) is 42.5 Å². The first-order valence-electron chi connectivity index (χ1n) is 5.20. The molecule has 0 heterocycles. The molecule has 0 radical (unpaired) electrons. The molecule has 0 aromatic heterocycles. The molecule has 2 N–H and O–H groups in total. The molecule has 0 atom stereocenters. The van der Waals surface area contributed by atoms with E-state index in [0.717, 1.165) is 6.54 Å². The monoisotopic (exact) mass is 236 g/mol. The number of hydrogen-bond donors (Lipinski definition) is 2.